The van der Waals surface area contributed by atoms with Gasteiger partial charge in [0.15, 0.2) is 4.34 Å². The molecule has 100 valence electrons. The summed E-state index contributed by atoms with van der Waals surface area (Å²) in [5, 5.41) is 17.8. The van der Waals surface area contributed by atoms with Gasteiger partial charge in [-0.2, -0.15) is 0 Å². The second-order valence-corrected chi connectivity index (χ2v) is 6.21. The number of hydrogen-bond donors (Lipinski definition) is 1. The first kappa shape index (κ1) is 13.8. The minimum absolute atomic E-state index is 0.305. The quantitative estimate of drug-likeness (QED) is 0.855. The minimum atomic E-state index is -0.904. The summed E-state index contributed by atoms with van der Waals surface area (Å²) in [6, 6.07) is 6.88. The first-order chi connectivity index (χ1) is 9.06. The van der Waals surface area contributed by atoms with Crippen LogP contribution in [0.15, 0.2) is 28.6 Å². The molecule has 0 radical (unpaired) electrons. The summed E-state index contributed by atoms with van der Waals surface area (Å²) >= 11 is 3.14. The van der Waals surface area contributed by atoms with Crippen LogP contribution in [0.25, 0.3) is 0 Å². The van der Waals surface area contributed by atoms with Crippen LogP contribution in [0.3, 0.4) is 0 Å². The number of benzene rings is 1. The predicted molar refractivity (Wildman–Crippen MR) is 77.2 cm³/mol. The van der Waals surface area contributed by atoms with Crippen molar-refractivity contribution in [3.8, 4) is 0 Å². The molecule has 0 saturated heterocycles. The van der Waals surface area contributed by atoms with Gasteiger partial charge < -0.3 is 10.0 Å². The highest BCUT2D eigenvalue weighted by atomic mass is 32.2. The number of carboxylic acids is 1. The third-order valence-electron chi connectivity index (χ3n) is 2.34. The summed E-state index contributed by atoms with van der Waals surface area (Å²) < 4.78 is 0.908. The Bertz CT molecular complexity index is 567. The number of rotatable bonds is 5. The Balaban J connectivity index is 1.96. The van der Waals surface area contributed by atoms with E-state index in [1.165, 1.54) is 0 Å². The molecule has 7 heteroatoms. The average molecular weight is 295 g/mol. The maximum absolute atomic E-state index is 10.7. The molecule has 2 aromatic rings. The van der Waals surface area contributed by atoms with E-state index in [-0.39, 0.29) is 0 Å². The van der Waals surface area contributed by atoms with Crippen LogP contribution in [0, 0.1) is 0 Å². The van der Waals surface area contributed by atoms with Crippen LogP contribution in [0.2, 0.25) is 0 Å². The number of aromatic carboxylic acids is 1. The summed E-state index contributed by atoms with van der Waals surface area (Å²) in [7, 11) is 3.86. The third-order valence-corrected chi connectivity index (χ3v) is 4.64. The number of aromatic nitrogens is 2. The maximum Gasteiger partial charge on any atom is 0.335 e. The summed E-state index contributed by atoms with van der Waals surface area (Å²) in [4.78, 5) is 12.7. The van der Waals surface area contributed by atoms with E-state index in [9.17, 15) is 4.79 Å². The van der Waals surface area contributed by atoms with Crippen LogP contribution in [0.4, 0.5) is 5.13 Å². The highest BCUT2D eigenvalue weighted by molar-refractivity contribution is 8.00. The summed E-state index contributed by atoms with van der Waals surface area (Å²) in [6.07, 6.45) is 0. The van der Waals surface area contributed by atoms with Crippen LogP contribution in [-0.4, -0.2) is 35.4 Å². The van der Waals surface area contributed by atoms with Gasteiger partial charge in [-0.15, -0.1) is 10.2 Å². The molecule has 1 aromatic heterocycles. The Morgan fingerprint density at radius 2 is 2.00 bits per heavy atom. The van der Waals surface area contributed by atoms with Crippen molar-refractivity contribution < 1.29 is 9.90 Å². The molecule has 0 bridgehead atoms. The lowest BCUT2D eigenvalue weighted by Gasteiger charge is -2.03. The van der Waals surface area contributed by atoms with Crippen molar-refractivity contribution in [2.24, 2.45) is 0 Å². The van der Waals surface area contributed by atoms with E-state index in [1.807, 2.05) is 31.1 Å². The molecule has 1 heterocycles. The van der Waals surface area contributed by atoms with E-state index in [1.54, 1.807) is 35.2 Å². The van der Waals surface area contributed by atoms with Crippen molar-refractivity contribution >= 4 is 34.2 Å². The van der Waals surface area contributed by atoms with E-state index in [0.717, 1.165) is 20.8 Å². The van der Waals surface area contributed by atoms with Gasteiger partial charge >= 0.3 is 5.97 Å². The average Bonchev–Trinajstić information content (AvgIpc) is 2.86. The van der Waals surface area contributed by atoms with Gasteiger partial charge in [0.25, 0.3) is 0 Å². The second-order valence-electron chi connectivity index (χ2n) is 4.04. The lowest BCUT2D eigenvalue weighted by atomic mass is 10.1. The van der Waals surface area contributed by atoms with Crippen molar-refractivity contribution in [1.29, 1.82) is 0 Å². The molecule has 0 aliphatic carbocycles. The smallest absolute Gasteiger partial charge is 0.335 e. The Morgan fingerprint density at radius 1 is 1.32 bits per heavy atom. The van der Waals surface area contributed by atoms with Crippen molar-refractivity contribution in [2.75, 3.05) is 19.0 Å². The normalized spacial score (nSPS) is 10.4. The number of nitrogens with zero attached hydrogens (tertiary/aromatic N) is 3. The number of anilines is 1. The van der Waals surface area contributed by atoms with Gasteiger partial charge in [0, 0.05) is 19.8 Å². The molecule has 0 amide bonds. The van der Waals surface area contributed by atoms with E-state index in [0.29, 0.717) is 5.56 Å². The minimum Gasteiger partial charge on any atom is -0.478 e. The van der Waals surface area contributed by atoms with Crippen LogP contribution in [-0.2, 0) is 5.75 Å². The fraction of sp³-hybridized carbons (Fsp3) is 0.250. The van der Waals surface area contributed by atoms with Crippen LogP contribution in [0.1, 0.15) is 15.9 Å². The molecule has 0 spiro atoms. The van der Waals surface area contributed by atoms with E-state index >= 15 is 0 Å². The van der Waals surface area contributed by atoms with Gasteiger partial charge in [-0.3, -0.25) is 0 Å². The van der Waals surface area contributed by atoms with Crippen LogP contribution < -0.4 is 4.90 Å². The molecule has 0 aliphatic heterocycles. The summed E-state index contributed by atoms with van der Waals surface area (Å²) in [5.41, 5.74) is 1.37. The molecular weight excluding hydrogens is 282 g/mol. The molecule has 0 unspecified atom stereocenters. The number of thioether (sulfide) groups is 1. The van der Waals surface area contributed by atoms with Gasteiger partial charge in [-0.25, -0.2) is 4.79 Å². The third kappa shape index (κ3) is 3.68. The second kappa shape index (κ2) is 6.03. The highest BCUT2D eigenvalue weighted by Crippen LogP contribution is 2.29. The number of carbonyl (C=O) groups is 1. The van der Waals surface area contributed by atoms with Crippen molar-refractivity contribution in [1.82, 2.24) is 10.2 Å². The molecule has 1 aromatic carbocycles. The lowest BCUT2D eigenvalue weighted by Crippen LogP contribution is -2.07. The highest BCUT2D eigenvalue weighted by Gasteiger charge is 2.07. The Labute approximate surface area is 119 Å². The first-order valence-electron chi connectivity index (χ1n) is 5.52. The Morgan fingerprint density at radius 3 is 2.53 bits per heavy atom. The fourth-order valence-corrected chi connectivity index (χ4v) is 3.05. The molecule has 5 nitrogen and oxygen atoms in total. The van der Waals surface area contributed by atoms with Crippen molar-refractivity contribution in [3.63, 3.8) is 0 Å². The molecular formula is C12H13N3O2S2. The predicted octanol–water partition coefficient (Wildman–Crippen LogP) is 2.59. The zero-order valence-electron chi connectivity index (χ0n) is 10.5. The zero-order chi connectivity index (χ0) is 13.8. The molecule has 19 heavy (non-hydrogen) atoms. The molecule has 0 aliphatic rings. The maximum atomic E-state index is 10.7. The van der Waals surface area contributed by atoms with Crippen molar-refractivity contribution in [2.45, 2.75) is 10.1 Å². The Kier molecular flexibility index (Phi) is 4.39. The first-order valence-corrected chi connectivity index (χ1v) is 7.32. The number of carboxylic acid groups (broad SMARTS) is 1. The van der Waals surface area contributed by atoms with Gasteiger partial charge in [0.2, 0.25) is 5.13 Å². The van der Waals surface area contributed by atoms with Crippen LogP contribution in [0.5, 0.6) is 0 Å². The van der Waals surface area contributed by atoms with E-state index in [2.05, 4.69) is 10.2 Å². The molecule has 1 N–H and O–H groups in total. The molecule has 2 rings (SSSR count). The lowest BCUT2D eigenvalue weighted by molar-refractivity contribution is 0.0697. The standard InChI is InChI=1S/C12H13N3O2S2/c1-15(2)11-13-14-12(19-11)18-7-8-3-5-9(6-4-8)10(16)17/h3-6H,7H2,1-2H3,(H,16,17). The van der Waals surface area contributed by atoms with Gasteiger partial charge in [-0.1, -0.05) is 35.2 Å². The largest absolute Gasteiger partial charge is 0.478 e. The van der Waals surface area contributed by atoms with Gasteiger partial charge in [0.05, 0.1) is 5.56 Å². The molecule has 0 saturated carbocycles. The van der Waals surface area contributed by atoms with Crippen molar-refractivity contribution in [3.05, 3.63) is 35.4 Å². The van der Waals surface area contributed by atoms with E-state index < -0.39 is 5.97 Å². The van der Waals surface area contributed by atoms with Crippen LogP contribution >= 0.6 is 23.1 Å². The van der Waals surface area contributed by atoms with Gasteiger partial charge in [0.1, 0.15) is 0 Å². The Hall–Kier alpha value is -1.60. The van der Waals surface area contributed by atoms with Gasteiger partial charge in [-0.05, 0) is 17.7 Å². The summed E-state index contributed by atoms with van der Waals surface area (Å²) in [6.45, 7) is 0. The topological polar surface area (TPSA) is 66.3 Å². The zero-order valence-corrected chi connectivity index (χ0v) is 12.2. The molecule has 0 atom stereocenters. The molecule has 0 fully saturated rings. The fourth-order valence-electron chi connectivity index (χ4n) is 1.33. The number of hydrogen-bond acceptors (Lipinski definition) is 6. The monoisotopic (exact) mass is 295 g/mol. The van der Waals surface area contributed by atoms with E-state index in [4.69, 9.17) is 5.11 Å². The SMILES string of the molecule is CN(C)c1nnc(SCc2ccc(C(=O)O)cc2)s1. The summed E-state index contributed by atoms with van der Waals surface area (Å²) in [5.74, 6) is -0.152.